The second-order valence-corrected chi connectivity index (χ2v) is 4.93. The van der Waals surface area contributed by atoms with Crippen LogP contribution in [0.4, 0.5) is 11.8 Å². The topological polar surface area (TPSA) is 93.6 Å². The summed E-state index contributed by atoms with van der Waals surface area (Å²) in [4.78, 5) is 11.7. The highest BCUT2D eigenvalue weighted by atomic mass is 15.0. The Morgan fingerprint density at radius 3 is 2.62 bits per heavy atom. The number of rotatable bonds is 1. The van der Waals surface area contributed by atoms with Gasteiger partial charge in [-0.15, -0.1) is 0 Å². The van der Waals surface area contributed by atoms with Crippen molar-refractivity contribution in [1.29, 1.82) is 0 Å². The highest BCUT2D eigenvalue weighted by molar-refractivity contribution is 6.15. The fourth-order valence-corrected chi connectivity index (χ4v) is 2.75. The molecule has 5 nitrogen and oxygen atoms in total. The lowest BCUT2D eigenvalue weighted by Crippen LogP contribution is -2.01. The van der Waals surface area contributed by atoms with E-state index in [0.717, 1.165) is 32.9 Å². The minimum Gasteiger partial charge on any atom is -0.383 e. The SMILES string of the molecule is Nc1nc(N)c2c(cc(-c3ccccc3)c3nccc32)[nH]1. The van der Waals surface area contributed by atoms with Gasteiger partial charge in [0.25, 0.3) is 0 Å². The molecule has 0 fully saturated rings. The van der Waals surface area contributed by atoms with Gasteiger partial charge in [-0.05, 0) is 17.7 Å². The van der Waals surface area contributed by atoms with E-state index in [-0.39, 0.29) is 0 Å². The van der Waals surface area contributed by atoms with Gasteiger partial charge in [0.15, 0.2) is 5.95 Å². The van der Waals surface area contributed by atoms with Crippen LogP contribution in [0.25, 0.3) is 32.9 Å². The maximum atomic E-state index is 6.03. The van der Waals surface area contributed by atoms with E-state index in [1.165, 1.54) is 0 Å². The van der Waals surface area contributed by atoms with Crippen molar-refractivity contribution in [3.8, 4) is 11.1 Å². The van der Waals surface area contributed by atoms with E-state index in [4.69, 9.17) is 11.5 Å². The smallest absolute Gasteiger partial charge is 0.199 e. The zero-order valence-corrected chi connectivity index (χ0v) is 11.2. The van der Waals surface area contributed by atoms with Gasteiger partial charge in [0, 0.05) is 22.5 Å². The number of nitrogens with zero attached hydrogens (tertiary/aromatic N) is 2. The van der Waals surface area contributed by atoms with Crippen molar-refractivity contribution >= 4 is 33.6 Å². The molecule has 0 aliphatic rings. The molecule has 2 aromatic carbocycles. The number of nitrogens with one attached hydrogen (secondary N) is 1. The van der Waals surface area contributed by atoms with E-state index in [0.29, 0.717) is 11.8 Å². The average molecular weight is 275 g/mol. The van der Waals surface area contributed by atoms with Crippen LogP contribution in [0.1, 0.15) is 0 Å². The molecule has 0 atom stereocenters. The van der Waals surface area contributed by atoms with Crippen molar-refractivity contribution in [2.45, 2.75) is 0 Å². The second kappa shape index (κ2) is 4.21. The predicted molar refractivity (Wildman–Crippen MR) is 85.7 cm³/mol. The van der Waals surface area contributed by atoms with Crippen molar-refractivity contribution in [3.63, 3.8) is 0 Å². The zero-order chi connectivity index (χ0) is 14.4. The molecular formula is C16H13N5. The molecule has 0 bridgehead atoms. The molecule has 0 unspecified atom stereocenters. The summed E-state index contributed by atoms with van der Waals surface area (Å²) in [5, 5.41) is 1.84. The van der Waals surface area contributed by atoms with Crippen LogP contribution in [0.5, 0.6) is 0 Å². The molecule has 21 heavy (non-hydrogen) atoms. The first kappa shape index (κ1) is 11.7. The van der Waals surface area contributed by atoms with E-state index >= 15 is 0 Å². The lowest BCUT2D eigenvalue weighted by molar-refractivity contribution is 1.25. The molecule has 0 saturated carbocycles. The molecule has 102 valence electrons. The van der Waals surface area contributed by atoms with Gasteiger partial charge in [-0.1, -0.05) is 30.3 Å². The Bertz CT molecular complexity index is 957. The van der Waals surface area contributed by atoms with Crippen LogP contribution in [0.3, 0.4) is 0 Å². The Labute approximate surface area is 120 Å². The van der Waals surface area contributed by atoms with E-state index in [2.05, 4.69) is 27.1 Å². The third-order valence-electron chi connectivity index (χ3n) is 3.63. The monoisotopic (exact) mass is 275 g/mol. The fraction of sp³-hybridized carbons (Fsp3) is 0. The maximum Gasteiger partial charge on any atom is 0.199 e. The normalized spacial score (nSPS) is 11.2. The Morgan fingerprint density at radius 1 is 1.00 bits per heavy atom. The lowest BCUT2D eigenvalue weighted by Gasteiger charge is -2.09. The molecule has 0 amide bonds. The van der Waals surface area contributed by atoms with Gasteiger partial charge >= 0.3 is 0 Å². The first-order valence-electron chi connectivity index (χ1n) is 6.62. The molecule has 0 aliphatic heterocycles. The summed E-state index contributed by atoms with van der Waals surface area (Å²) < 4.78 is 0. The van der Waals surface area contributed by atoms with Crippen LogP contribution in [-0.4, -0.2) is 15.0 Å². The Balaban J connectivity index is 2.19. The van der Waals surface area contributed by atoms with Gasteiger partial charge in [0.2, 0.25) is 0 Å². The van der Waals surface area contributed by atoms with Crippen molar-refractivity contribution in [2.24, 2.45) is 0 Å². The van der Waals surface area contributed by atoms with E-state index < -0.39 is 0 Å². The number of aromatic nitrogens is 3. The van der Waals surface area contributed by atoms with Crippen LogP contribution in [-0.2, 0) is 0 Å². The molecule has 0 spiro atoms. The summed E-state index contributed by atoms with van der Waals surface area (Å²) in [5.74, 6) is 0.719. The van der Waals surface area contributed by atoms with Crippen molar-refractivity contribution in [2.75, 3.05) is 11.5 Å². The average Bonchev–Trinajstić information content (AvgIpc) is 2.95. The summed E-state index contributed by atoms with van der Waals surface area (Å²) in [5.41, 5.74) is 15.7. The van der Waals surface area contributed by atoms with Crippen LogP contribution in [0.2, 0.25) is 0 Å². The summed E-state index contributed by atoms with van der Waals surface area (Å²) >= 11 is 0. The molecule has 5 heteroatoms. The Morgan fingerprint density at radius 2 is 1.81 bits per heavy atom. The number of nitrogens with two attached hydrogens (primary N) is 2. The zero-order valence-electron chi connectivity index (χ0n) is 11.2. The summed E-state index contributed by atoms with van der Waals surface area (Å²) in [6, 6.07) is 14.1. The Kier molecular flexibility index (Phi) is 2.35. The molecule has 4 rings (SSSR count). The number of hydrogen-bond acceptors (Lipinski definition) is 4. The summed E-state index contributed by atoms with van der Waals surface area (Å²) in [6.45, 7) is 0. The minimum atomic E-state index is 0.304. The van der Waals surface area contributed by atoms with E-state index in [1.807, 2.05) is 30.3 Å². The summed E-state index contributed by atoms with van der Waals surface area (Å²) in [7, 11) is 0. The molecular weight excluding hydrogens is 262 g/mol. The maximum absolute atomic E-state index is 6.03. The third-order valence-corrected chi connectivity index (χ3v) is 3.63. The second-order valence-electron chi connectivity index (χ2n) is 4.93. The number of hydrogen-bond donors (Lipinski definition) is 3. The van der Waals surface area contributed by atoms with Gasteiger partial charge in [-0.3, -0.25) is 4.98 Å². The fourth-order valence-electron chi connectivity index (χ4n) is 2.75. The molecule has 2 heterocycles. The number of anilines is 2. The van der Waals surface area contributed by atoms with Gasteiger partial charge in [-0.2, -0.15) is 4.98 Å². The highest BCUT2D eigenvalue weighted by Gasteiger charge is 2.13. The first-order valence-corrected chi connectivity index (χ1v) is 6.62. The third kappa shape index (κ3) is 1.71. The van der Waals surface area contributed by atoms with Crippen molar-refractivity contribution in [3.05, 3.63) is 48.7 Å². The van der Waals surface area contributed by atoms with Crippen LogP contribution in [0, 0.1) is 0 Å². The number of H-pyrrole nitrogens is 1. The summed E-state index contributed by atoms with van der Waals surface area (Å²) in [6.07, 6.45) is 1.78. The Hall–Kier alpha value is -3.08. The minimum absolute atomic E-state index is 0.304. The number of fused-ring (bicyclic) bond motifs is 3. The van der Waals surface area contributed by atoms with E-state index in [9.17, 15) is 0 Å². The van der Waals surface area contributed by atoms with Gasteiger partial charge in [0.05, 0.1) is 11.0 Å². The quantitative estimate of drug-likeness (QED) is 0.498. The molecule has 0 aliphatic carbocycles. The molecule has 0 radical (unpaired) electrons. The van der Waals surface area contributed by atoms with E-state index in [1.54, 1.807) is 6.20 Å². The van der Waals surface area contributed by atoms with Crippen molar-refractivity contribution in [1.82, 2.24) is 15.0 Å². The highest BCUT2D eigenvalue weighted by Crippen LogP contribution is 2.35. The number of aromatic amines is 1. The molecule has 0 saturated heterocycles. The largest absolute Gasteiger partial charge is 0.383 e. The van der Waals surface area contributed by atoms with Gasteiger partial charge in [0.1, 0.15) is 5.82 Å². The van der Waals surface area contributed by atoms with Gasteiger partial charge in [-0.25, -0.2) is 0 Å². The standard InChI is InChI=1S/C16H13N5/c17-15-13-10-6-7-19-14(10)11(9-4-2-1-3-5-9)8-12(13)20-16(18)21-15/h1-8H,17H2,(H3,18,20,21). The van der Waals surface area contributed by atoms with Crippen LogP contribution < -0.4 is 11.5 Å². The van der Waals surface area contributed by atoms with Gasteiger partial charge < -0.3 is 16.5 Å². The molecule has 2 aromatic heterocycles. The van der Waals surface area contributed by atoms with Crippen molar-refractivity contribution < 1.29 is 0 Å². The molecule has 4 aromatic rings. The molecule has 5 N–H and O–H groups in total. The lowest BCUT2D eigenvalue weighted by atomic mass is 10.00. The number of benzene rings is 2. The van der Waals surface area contributed by atoms with Crippen LogP contribution in [0.15, 0.2) is 48.7 Å². The van der Waals surface area contributed by atoms with Crippen LogP contribution >= 0.6 is 0 Å². The predicted octanol–water partition coefficient (Wildman–Crippen LogP) is 2.94. The first-order chi connectivity index (χ1) is 10.2. The number of nitrogen functional groups attached to an aromatic ring is 2.